The second-order valence-electron chi connectivity index (χ2n) is 4.72. The standard InChI is InChI=1S/C13H14BrClO/c1-7-2-3-10(15)12-9(14)6-8-4-5-16-13(8)11(7)12/h6-7,10H,2-5H2,1H3. The maximum atomic E-state index is 6.43. The first-order valence-corrected chi connectivity index (χ1v) is 7.03. The van der Waals surface area contributed by atoms with Crippen LogP contribution in [0.3, 0.4) is 0 Å². The first-order valence-electron chi connectivity index (χ1n) is 5.80. The van der Waals surface area contributed by atoms with Gasteiger partial charge in [0.05, 0.1) is 12.0 Å². The molecule has 0 amide bonds. The average Bonchev–Trinajstić information content (AvgIpc) is 2.70. The maximum Gasteiger partial charge on any atom is 0.126 e. The average molecular weight is 302 g/mol. The lowest BCUT2D eigenvalue weighted by Crippen LogP contribution is -2.11. The van der Waals surface area contributed by atoms with Crippen LogP contribution in [0.2, 0.25) is 0 Å². The minimum Gasteiger partial charge on any atom is -0.493 e. The summed E-state index contributed by atoms with van der Waals surface area (Å²) in [5.74, 6) is 1.69. The summed E-state index contributed by atoms with van der Waals surface area (Å²) in [6.07, 6.45) is 3.25. The minimum atomic E-state index is 0.134. The fourth-order valence-corrected chi connectivity index (χ4v) is 4.09. The molecule has 0 saturated heterocycles. The van der Waals surface area contributed by atoms with Crippen LogP contribution in [0.1, 0.15) is 47.8 Å². The van der Waals surface area contributed by atoms with Gasteiger partial charge in [0, 0.05) is 16.5 Å². The highest BCUT2D eigenvalue weighted by Crippen LogP contribution is 2.50. The van der Waals surface area contributed by atoms with Crippen molar-refractivity contribution in [3.05, 3.63) is 27.2 Å². The molecule has 3 rings (SSSR count). The normalized spacial score (nSPS) is 27.2. The predicted octanol–water partition coefficient (Wildman–Crippen LogP) is 4.56. The van der Waals surface area contributed by atoms with Crippen LogP contribution in [0.15, 0.2) is 10.5 Å². The van der Waals surface area contributed by atoms with Gasteiger partial charge in [-0.2, -0.15) is 0 Å². The third-order valence-corrected chi connectivity index (χ3v) is 4.75. The molecule has 0 N–H and O–H groups in total. The molecule has 1 aliphatic heterocycles. The smallest absolute Gasteiger partial charge is 0.126 e. The molecule has 1 heterocycles. The topological polar surface area (TPSA) is 9.23 Å². The molecule has 0 spiro atoms. The van der Waals surface area contributed by atoms with E-state index < -0.39 is 0 Å². The lowest BCUT2D eigenvalue weighted by molar-refractivity contribution is 0.348. The van der Waals surface area contributed by atoms with Gasteiger partial charge in [0.2, 0.25) is 0 Å². The van der Waals surface area contributed by atoms with E-state index in [0.717, 1.165) is 31.6 Å². The minimum absolute atomic E-state index is 0.134. The number of benzene rings is 1. The van der Waals surface area contributed by atoms with Crippen molar-refractivity contribution in [3.8, 4) is 5.75 Å². The number of fused-ring (bicyclic) bond motifs is 3. The number of rotatable bonds is 0. The van der Waals surface area contributed by atoms with E-state index in [0.29, 0.717) is 5.92 Å². The molecule has 1 aromatic carbocycles. The van der Waals surface area contributed by atoms with Gasteiger partial charge in [-0.3, -0.25) is 0 Å². The predicted molar refractivity (Wildman–Crippen MR) is 69.6 cm³/mol. The molecule has 0 aromatic heterocycles. The molecule has 1 nitrogen and oxygen atoms in total. The Morgan fingerprint density at radius 1 is 1.38 bits per heavy atom. The Morgan fingerprint density at radius 2 is 2.19 bits per heavy atom. The van der Waals surface area contributed by atoms with Crippen molar-refractivity contribution in [2.75, 3.05) is 6.61 Å². The van der Waals surface area contributed by atoms with Crippen LogP contribution >= 0.6 is 27.5 Å². The molecule has 0 fully saturated rings. The number of halogens is 2. The van der Waals surface area contributed by atoms with Crippen LogP contribution in [0.25, 0.3) is 0 Å². The number of alkyl halides is 1. The van der Waals surface area contributed by atoms with E-state index in [9.17, 15) is 0 Å². The summed E-state index contributed by atoms with van der Waals surface area (Å²) in [4.78, 5) is 0. The molecule has 1 aliphatic carbocycles. The van der Waals surface area contributed by atoms with Crippen LogP contribution in [0.4, 0.5) is 0 Å². The van der Waals surface area contributed by atoms with E-state index in [1.165, 1.54) is 21.2 Å². The van der Waals surface area contributed by atoms with Crippen molar-refractivity contribution < 1.29 is 4.74 Å². The molecular weight excluding hydrogens is 287 g/mol. The summed E-state index contributed by atoms with van der Waals surface area (Å²) >= 11 is 10.1. The van der Waals surface area contributed by atoms with E-state index in [1.807, 2.05) is 0 Å². The van der Waals surface area contributed by atoms with E-state index in [1.54, 1.807) is 0 Å². The third-order valence-electron chi connectivity index (χ3n) is 3.66. The highest BCUT2D eigenvalue weighted by atomic mass is 79.9. The number of ether oxygens (including phenoxy) is 1. The largest absolute Gasteiger partial charge is 0.493 e. The Bertz CT molecular complexity index is 444. The Balaban J connectivity index is 2.27. The molecule has 16 heavy (non-hydrogen) atoms. The quantitative estimate of drug-likeness (QED) is 0.638. The molecule has 0 radical (unpaired) electrons. The Hall–Kier alpha value is -0.210. The van der Waals surface area contributed by atoms with E-state index in [-0.39, 0.29) is 5.38 Å². The summed E-state index contributed by atoms with van der Waals surface area (Å²) in [5.41, 5.74) is 3.96. The number of hydrogen-bond donors (Lipinski definition) is 0. The molecule has 2 aliphatic rings. The Morgan fingerprint density at radius 3 is 3.00 bits per heavy atom. The number of hydrogen-bond acceptors (Lipinski definition) is 1. The van der Waals surface area contributed by atoms with Gasteiger partial charge in [-0.1, -0.05) is 22.9 Å². The third kappa shape index (κ3) is 1.50. The second-order valence-corrected chi connectivity index (χ2v) is 6.10. The van der Waals surface area contributed by atoms with Crippen molar-refractivity contribution in [1.29, 1.82) is 0 Å². The van der Waals surface area contributed by atoms with Gasteiger partial charge in [-0.15, -0.1) is 11.6 Å². The van der Waals surface area contributed by atoms with Gasteiger partial charge in [-0.25, -0.2) is 0 Å². The van der Waals surface area contributed by atoms with Crippen molar-refractivity contribution >= 4 is 27.5 Å². The van der Waals surface area contributed by atoms with Gasteiger partial charge in [-0.05, 0) is 36.0 Å². The van der Waals surface area contributed by atoms with Crippen LogP contribution in [-0.2, 0) is 6.42 Å². The molecule has 3 heteroatoms. The first-order chi connectivity index (χ1) is 7.68. The summed E-state index contributed by atoms with van der Waals surface area (Å²) in [5, 5.41) is 0.134. The fraction of sp³-hybridized carbons (Fsp3) is 0.538. The highest BCUT2D eigenvalue weighted by molar-refractivity contribution is 9.10. The molecule has 0 bridgehead atoms. The van der Waals surface area contributed by atoms with Gasteiger partial charge in [0.1, 0.15) is 5.75 Å². The second kappa shape index (κ2) is 3.92. The molecule has 0 saturated carbocycles. The fourth-order valence-electron chi connectivity index (χ4n) is 2.83. The van der Waals surface area contributed by atoms with Crippen molar-refractivity contribution in [2.45, 2.75) is 37.5 Å². The van der Waals surface area contributed by atoms with Gasteiger partial charge < -0.3 is 4.74 Å². The summed E-state index contributed by atoms with van der Waals surface area (Å²) in [7, 11) is 0. The lowest BCUT2D eigenvalue weighted by atomic mass is 9.82. The molecule has 86 valence electrons. The van der Waals surface area contributed by atoms with Gasteiger partial charge in [0.15, 0.2) is 0 Å². The molecule has 2 atom stereocenters. The van der Waals surface area contributed by atoms with Crippen LogP contribution in [0.5, 0.6) is 5.75 Å². The monoisotopic (exact) mass is 300 g/mol. The zero-order valence-corrected chi connectivity index (χ0v) is 11.6. The van der Waals surface area contributed by atoms with Crippen LogP contribution in [0, 0.1) is 0 Å². The lowest BCUT2D eigenvalue weighted by Gasteiger charge is -2.29. The van der Waals surface area contributed by atoms with Crippen molar-refractivity contribution in [3.63, 3.8) is 0 Å². The highest BCUT2D eigenvalue weighted by Gasteiger charge is 2.31. The summed E-state index contributed by atoms with van der Waals surface area (Å²) in [6, 6.07) is 2.19. The van der Waals surface area contributed by atoms with Crippen molar-refractivity contribution in [2.24, 2.45) is 0 Å². The first kappa shape index (κ1) is 10.9. The van der Waals surface area contributed by atoms with E-state index in [4.69, 9.17) is 16.3 Å². The van der Waals surface area contributed by atoms with Gasteiger partial charge in [0.25, 0.3) is 0 Å². The van der Waals surface area contributed by atoms with Crippen molar-refractivity contribution in [1.82, 2.24) is 0 Å². The SMILES string of the molecule is CC1CCC(Cl)c2c(Br)cc3c(c21)OCC3. The molecule has 1 aromatic rings. The zero-order valence-electron chi connectivity index (χ0n) is 9.22. The molecule has 2 unspecified atom stereocenters. The molecular formula is C13H14BrClO. The maximum absolute atomic E-state index is 6.43. The zero-order chi connectivity index (χ0) is 11.3. The summed E-state index contributed by atoms with van der Waals surface area (Å²) < 4.78 is 6.96. The Labute approximate surface area is 109 Å². The van der Waals surface area contributed by atoms with E-state index >= 15 is 0 Å². The summed E-state index contributed by atoms with van der Waals surface area (Å²) in [6.45, 7) is 3.09. The Kier molecular flexibility index (Phi) is 2.67. The van der Waals surface area contributed by atoms with E-state index in [2.05, 4.69) is 28.9 Å². The van der Waals surface area contributed by atoms with Gasteiger partial charge >= 0.3 is 0 Å². The van der Waals surface area contributed by atoms with Crippen LogP contribution < -0.4 is 4.74 Å². The van der Waals surface area contributed by atoms with Crippen LogP contribution in [-0.4, -0.2) is 6.61 Å².